The summed E-state index contributed by atoms with van der Waals surface area (Å²) in [5.74, 6) is 0. The van der Waals surface area contributed by atoms with Crippen LogP contribution in [-0.4, -0.2) is 83.2 Å². The molecule has 0 saturated carbocycles. The van der Waals surface area contributed by atoms with Crippen molar-refractivity contribution in [3.05, 3.63) is 0 Å². The number of rotatable bonds is 18. The maximum absolute atomic E-state index is 9.05. The van der Waals surface area contributed by atoms with Gasteiger partial charge in [-0.3, -0.25) is 0 Å². The Morgan fingerprint density at radius 3 is 1.42 bits per heavy atom. The van der Waals surface area contributed by atoms with Gasteiger partial charge in [0.05, 0.1) is 26.7 Å². The molecule has 0 aromatic rings. The molecule has 0 unspecified atom stereocenters. The molecule has 0 aromatic heterocycles. The van der Waals surface area contributed by atoms with Gasteiger partial charge < -0.3 is 40.4 Å². The van der Waals surface area contributed by atoms with Crippen molar-refractivity contribution in [3.63, 3.8) is 0 Å². The van der Waals surface area contributed by atoms with Crippen LogP contribution in [-0.2, 0) is 13.3 Å². The third-order valence-corrected chi connectivity index (χ3v) is 7.64. The zero-order chi connectivity index (χ0) is 19.0. The van der Waals surface area contributed by atoms with Crippen LogP contribution in [0.15, 0.2) is 0 Å². The van der Waals surface area contributed by atoms with Crippen LogP contribution in [0.5, 0.6) is 0 Å². The van der Waals surface area contributed by atoms with Crippen LogP contribution >= 0.6 is 0 Å². The molecule has 6 nitrogen and oxygen atoms in total. The molecule has 0 aliphatic heterocycles. The van der Waals surface area contributed by atoms with Crippen LogP contribution in [0.3, 0.4) is 0 Å². The van der Waals surface area contributed by atoms with E-state index in [0.29, 0.717) is 19.8 Å². The van der Waals surface area contributed by atoms with Crippen molar-refractivity contribution in [3.8, 4) is 0 Å². The van der Waals surface area contributed by atoms with E-state index >= 15 is 0 Å². The summed E-state index contributed by atoms with van der Waals surface area (Å²) >= 11 is 0. The van der Waals surface area contributed by atoms with Crippen molar-refractivity contribution < 1.29 is 40.4 Å². The van der Waals surface area contributed by atoms with Gasteiger partial charge in [0.25, 0.3) is 0 Å². The third kappa shape index (κ3) is 12.6. The number of hydrogen-bond donors (Lipinski definition) is 2. The Bertz CT molecular complexity index is 286. The number of quaternary nitrogens is 1. The molecule has 0 rings (SSSR count). The van der Waals surface area contributed by atoms with E-state index in [0.717, 1.165) is 62.3 Å². The van der Waals surface area contributed by atoms with E-state index in [9.17, 15) is 0 Å². The summed E-state index contributed by atoms with van der Waals surface area (Å²) in [6, 6.07) is 0.844. The molecular formula is C18H42ClNO5Si. The molecule has 26 heavy (non-hydrogen) atoms. The van der Waals surface area contributed by atoms with Gasteiger partial charge in [-0.2, -0.15) is 0 Å². The summed E-state index contributed by atoms with van der Waals surface area (Å²) in [7, 11) is -0.284. The molecule has 0 amide bonds. The van der Waals surface area contributed by atoms with E-state index in [4.69, 9.17) is 23.5 Å². The highest BCUT2D eigenvalue weighted by Gasteiger charge is 2.40. The first kappa shape index (κ1) is 28.5. The standard InChI is InChI=1S/C18H42NO5Si.ClH/c1-5-22-25(23-6-2,24-7-3)18-12-15-19(4,13-8-10-16-20)14-9-11-17-21;/h20-21H,5-18H2,1-4H3;1H/q+1;/p-1. The van der Waals surface area contributed by atoms with Gasteiger partial charge in [0.1, 0.15) is 0 Å². The molecular weight excluding hydrogens is 374 g/mol. The highest BCUT2D eigenvalue weighted by molar-refractivity contribution is 6.60. The SMILES string of the molecule is CCO[Si](CCC[N+](C)(CCCCO)CCCCO)(OCC)OCC.[Cl-]. The van der Waals surface area contributed by atoms with Gasteiger partial charge in [-0.05, 0) is 46.5 Å². The topological polar surface area (TPSA) is 68.2 Å². The molecule has 2 N–H and O–H groups in total. The summed E-state index contributed by atoms with van der Waals surface area (Å²) in [5, 5.41) is 18.1. The van der Waals surface area contributed by atoms with E-state index in [1.807, 2.05) is 20.8 Å². The van der Waals surface area contributed by atoms with Crippen molar-refractivity contribution in [2.45, 2.75) is 58.9 Å². The molecule has 0 aliphatic rings. The summed E-state index contributed by atoms with van der Waals surface area (Å²) in [6.45, 7) is 11.5. The smallest absolute Gasteiger partial charge is 0.501 e. The Labute approximate surface area is 168 Å². The fraction of sp³-hybridized carbons (Fsp3) is 1.00. The van der Waals surface area contributed by atoms with Crippen LogP contribution in [0, 0.1) is 0 Å². The minimum Gasteiger partial charge on any atom is -1.00 e. The van der Waals surface area contributed by atoms with Gasteiger partial charge in [-0.25, -0.2) is 0 Å². The van der Waals surface area contributed by atoms with Crippen molar-refractivity contribution in [1.82, 2.24) is 0 Å². The number of halogens is 1. The second kappa shape index (κ2) is 17.4. The monoisotopic (exact) mass is 415 g/mol. The minimum absolute atomic E-state index is 0. The molecule has 0 aliphatic carbocycles. The molecule has 0 heterocycles. The second-order valence-corrected chi connectivity index (χ2v) is 9.47. The quantitative estimate of drug-likeness (QED) is 0.178. The lowest BCUT2D eigenvalue weighted by atomic mass is 10.2. The van der Waals surface area contributed by atoms with E-state index in [1.54, 1.807) is 0 Å². The van der Waals surface area contributed by atoms with E-state index in [-0.39, 0.29) is 25.6 Å². The molecule has 0 radical (unpaired) electrons. The lowest BCUT2D eigenvalue weighted by Gasteiger charge is -2.36. The average Bonchev–Trinajstić information content (AvgIpc) is 2.56. The van der Waals surface area contributed by atoms with Gasteiger partial charge in [0.15, 0.2) is 0 Å². The summed E-state index contributed by atoms with van der Waals surface area (Å²) in [6.07, 6.45) is 4.75. The molecule has 0 aromatic carbocycles. The molecule has 160 valence electrons. The van der Waals surface area contributed by atoms with Crippen molar-refractivity contribution in [2.75, 3.05) is 59.7 Å². The fourth-order valence-corrected chi connectivity index (χ4v) is 5.82. The Hall–Kier alpha value is 0.267. The van der Waals surface area contributed by atoms with Crippen molar-refractivity contribution in [1.29, 1.82) is 0 Å². The van der Waals surface area contributed by atoms with Crippen LogP contribution in [0.4, 0.5) is 0 Å². The van der Waals surface area contributed by atoms with Gasteiger partial charge in [0.2, 0.25) is 0 Å². The molecule has 0 atom stereocenters. The number of hydrogen-bond acceptors (Lipinski definition) is 5. The van der Waals surface area contributed by atoms with Crippen molar-refractivity contribution in [2.24, 2.45) is 0 Å². The minimum atomic E-state index is -2.56. The molecule has 0 spiro atoms. The Morgan fingerprint density at radius 1 is 0.692 bits per heavy atom. The summed E-state index contributed by atoms with van der Waals surface area (Å²) < 4.78 is 18.8. The van der Waals surface area contributed by atoms with E-state index < -0.39 is 8.80 Å². The van der Waals surface area contributed by atoms with E-state index in [1.165, 1.54) is 0 Å². The largest absolute Gasteiger partial charge is 1.00 e. The average molecular weight is 416 g/mol. The Balaban J connectivity index is 0. The molecule has 0 bridgehead atoms. The first-order valence-corrected chi connectivity index (χ1v) is 11.9. The number of nitrogens with zero attached hydrogens (tertiary/aromatic N) is 1. The van der Waals surface area contributed by atoms with Gasteiger partial charge in [-0.1, -0.05) is 0 Å². The van der Waals surface area contributed by atoms with Crippen molar-refractivity contribution >= 4 is 8.80 Å². The maximum Gasteiger partial charge on any atom is 0.501 e. The zero-order valence-electron chi connectivity index (χ0n) is 17.3. The third-order valence-electron chi connectivity index (χ3n) is 4.49. The van der Waals surface area contributed by atoms with Crippen LogP contribution in [0.25, 0.3) is 0 Å². The normalized spacial score (nSPS) is 12.2. The highest BCUT2D eigenvalue weighted by atomic mass is 35.5. The van der Waals surface area contributed by atoms with Crippen LogP contribution in [0.2, 0.25) is 6.04 Å². The van der Waals surface area contributed by atoms with Gasteiger partial charge in [-0.15, -0.1) is 0 Å². The predicted octanol–water partition coefficient (Wildman–Crippen LogP) is -0.579. The first-order valence-electron chi connectivity index (χ1n) is 9.98. The lowest BCUT2D eigenvalue weighted by Crippen LogP contribution is -3.00. The number of aliphatic hydroxyl groups excluding tert-OH is 2. The maximum atomic E-state index is 9.05. The Kier molecular flexibility index (Phi) is 19.0. The zero-order valence-corrected chi connectivity index (χ0v) is 19.1. The van der Waals surface area contributed by atoms with Gasteiger partial charge >= 0.3 is 8.80 Å². The Morgan fingerprint density at radius 2 is 1.08 bits per heavy atom. The fourth-order valence-electron chi connectivity index (χ4n) is 3.22. The highest BCUT2D eigenvalue weighted by Crippen LogP contribution is 2.20. The summed E-state index contributed by atoms with van der Waals surface area (Å²) in [5.41, 5.74) is 0. The second-order valence-electron chi connectivity index (χ2n) is 6.74. The number of unbranched alkanes of at least 4 members (excludes halogenated alkanes) is 2. The summed E-state index contributed by atoms with van der Waals surface area (Å²) in [4.78, 5) is 0. The van der Waals surface area contributed by atoms with Gasteiger partial charge in [0, 0.05) is 45.5 Å². The predicted molar refractivity (Wildman–Crippen MR) is 103 cm³/mol. The number of aliphatic hydroxyl groups is 2. The molecule has 0 saturated heterocycles. The van der Waals surface area contributed by atoms with Crippen LogP contribution < -0.4 is 12.4 Å². The van der Waals surface area contributed by atoms with Crippen LogP contribution in [0.1, 0.15) is 52.9 Å². The lowest BCUT2D eigenvalue weighted by molar-refractivity contribution is -0.910. The molecule has 8 heteroatoms. The van der Waals surface area contributed by atoms with E-state index in [2.05, 4.69) is 7.05 Å². The first-order chi connectivity index (χ1) is 12.0. The molecule has 0 fully saturated rings.